The summed E-state index contributed by atoms with van der Waals surface area (Å²) in [5.74, 6) is 0.337. The van der Waals surface area contributed by atoms with Gasteiger partial charge in [-0.05, 0) is 52.9 Å². The molecule has 88 valence electrons. The number of benzene rings is 1. The Balaban J connectivity index is 1.86. The second-order valence-electron chi connectivity index (χ2n) is 4.09. The first-order valence-corrected chi connectivity index (χ1v) is 6.31. The van der Waals surface area contributed by atoms with Crippen LogP contribution in [0.25, 0.3) is 0 Å². The SMILES string of the molecule is Fc1ccc(NCC2CCCOC2)cc1Br. The highest BCUT2D eigenvalue weighted by molar-refractivity contribution is 9.10. The summed E-state index contributed by atoms with van der Waals surface area (Å²) >= 11 is 3.17. The summed E-state index contributed by atoms with van der Waals surface area (Å²) in [6.07, 6.45) is 2.34. The molecule has 0 aliphatic carbocycles. The lowest BCUT2D eigenvalue weighted by Gasteiger charge is -2.22. The van der Waals surface area contributed by atoms with Gasteiger partial charge in [-0.1, -0.05) is 0 Å². The molecule has 1 aliphatic rings. The zero-order chi connectivity index (χ0) is 11.4. The van der Waals surface area contributed by atoms with Crippen molar-refractivity contribution in [1.82, 2.24) is 0 Å². The Hall–Kier alpha value is -0.610. The van der Waals surface area contributed by atoms with Crippen LogP contribution in [-0.4, -0.2) is 19.8 Å². The highest BCUT2D eigenvalue weighted by atomic mass is 79.9. The van der Waals surface area contributed by atoms with Crippen molar-refractivity contribution in [1.29, 1.82) is 0 Å². The van der Waals surface area contributed by atoms with E-state index in [0.29, 0.717) is 10.4 Å². The van der Waals surface area contributed by atoms with Crippen LogP contribution in [0.2, 0.25) is 0 Å². The molecule has 1 N–H and O–H groups in total. The quantitative estimate of drug-likeness (QED) is 0.920. The summed E-state index contributed by atoms with van der Waals surface area (Å²) in [5, 5.41) is 3.31. The Morgan fingerprint density at radius 3 is 3.06 bits per heavy atom. The summed E-state index contributed by atoms with van der Waals surface area (Å²) in [7, 11) is 0. The highest BCUT2D eigenvalue weighted by Gasteiger charge is 2.13. The maximum Gasteiger partial charge on any atom is 0.137 e. The Labute approximate surface area is 103 Å². The lowest BCUT2D eigenvalue weighted by Crippen LogP contribution is -2.24. The van der Waals surface area contributed by atoms with E-state index in [1.165, 1.54) is 12.5 Å². The first kappa shape index (κ1) is 11.9. The van der Waals surface area contributed by atoms with E-state index in [9.17, 15) is 4.39 Å². The van der Waals surface area contributed by atoms with Crippen LogP contribution in [0.15, 0.2) is 22.7 Å². The molecule has 0 saturated carbocycles. The summed E-state index contributed by atoms with van der Waals surface area (Å²) in [6, 6.07) is 4.98. The highest BCUT2D eigenvalue weighted by Crippen LogP contribution is 2.21. The summed E-state index contributed by atoms with van der Waals surface area (Å²) in [6.45, 7) is 2.60. The molecule has 1 aromatic carbocycles. The first-order chi connectivity index (χ1) is 7.75. The largest absolute Gasteiger partial charge is 0.385 e. The fourth-order valence-corrected chi connectivity index (χ4v) is 2.22. The van der Waals surface area contributed by atoms with Crippen LogP contribution in [0, 0.1) is 11.7 Å². The number of rotatable bonds is 3. The van der Waals surface area contributed by atoms with Gasteiger partial charge in [-0.25, -0.2) is 4.39 Å². The molecule has 1 fully saturated rings. The van der Waals surface area contributed by atoms with Gasteiger partial charge in [-0.3, -0.25) is 0 Å². The van der Waals surface area contributed by atoms with Crippen molar-refractivity contribution in [3.05, 3.63) is 28.5 Å². The number of ether oxygens (including phenoxy) is 1. The van der Waals surface area contributed by atoms with E-state index < -0.39 is 0 Å². The second-order valence-corrected chi connectivity index (χ2v) is 4.95. The zero-order valence-corrected chi connectivity index (χ0v) is 10.6. The number of hydrogen-bond donors (Lipinski definition) is 1. The second kappa shape index (κ2) is 5.64. The average Bonchev–Trinajstić information content (AvgIpc) is 2.32. The fraction of sp³-hybridized carbons (Fsp3) is 0.500. The molecule has 0 amide bonds. The normalized spacial score (nSPS) is 20.8. The van der Waals surface area contributed by atoms with Crippen LogP contribution < -0.4 is 5.32 Å². The molecule has 0 spiro atoms. The van der Waals surface area contributed by atoms with Gasteiger partial charge in [0.2, 0.25) is 0 Å². The maximum atomic E-state index is 13.0. The predicted octanol–water partition coefficient (Wildman–Crippen LogP) is 3.43. The van der Waals surface area contributed by atoms with E-state index in [-0.39, 0.29) is 5.82 Å². The lowest BCUT2D eigenvalue weighted by molar-refractivity contribution is 0.0595. The topological polar surface area (TPSA) is 21.3 Å². The molecule has 0 aromatic heterocycles. The molecule has 1 unspecified atom stereocenters. The molecular formula is C12H15BrFNO. The standard InChI is InChI=1S/C12H15BrFNO/c13-11-6-10(3-4-12(11)14)15-7-9-2-1-5-16-8-9/h3-4,6,9,15H,1-2,5,7-8H2. The van der Waals surface area contributed by atoms with Crippen LogP contribution in [0.1, 0.15) is 12.8 Å². The van der Waals surface area contributed by atoms with E-state index >= 15 is 0 Å². The minimum atomic E-state index is -0.230. The fourth-order valence-electron chi connectivity index (χ4n) is 1.84. The molecule has 1 aromatic rings. The molecule has 2 rings (SSSR count). The summed E-state index contributed by atoms with van der Waals surface area (Å²) in [4.78, 5) is 0. The van der Waals surface area contributed by atoms with Crippen LogP contribution in [-0.2, 0) is 4.74 Å². The average molecular weight is 288 g/mol. The van der Waals surface area contributed by atoms with Gasteiger partial charge in [0, 0.05) is 18.8 Å². The van der Waals surface area contributed by atoms with Crippen molar-refractivity contribution in [2.75, 3.05) is 25.1 Å². The molecule has 1 atom stereocenters. The minimum absolute atomic E-state index is 0.230. The number of anilines is 1. The Morgan fingerprint density at radius 1 is 1.50 bits per heavy atom. The van der Waals surface area contributed by atoms with Crippen LogP contribution in [0.5, 0.6) is 0 Å². The molecule has 2 nitrogen and oxygen atoms in total. The van der Waals surface area contributed by atoms with Crippen molar-refractivity contribution in [3.63, 3.8) is 0 Å². The first-order valence-electron chi connectivity index (χ1n) is 5.52. The van der Waals surface area contributed by atoms with E-state index in [4.69, 9.17) is 4.74 Å². The zero-order valence-electron chi connectivity index (χ0n) is 9.01. The molecular weight excluding hydrogens is 273 g/mol. The minimum Gasteiger partial charge on any atom is -0.385 e. The van der Waals surface area contributed by atoms with Crippen molar-refractivity contribution in [3.8, 4) is 0 Å². The molecule has 4 heteroatoms. The molecule has 0 radical (unpaired) electrons. The van der Waals surface area contributed by atoms with E-state index in [2.05, 4.69) is 21.2 Å². The summed E-state index contributed by atoms with van der Waals surface area (Å²) in [5.41, 5.74) is 0.943. The third-order valence-electron chi connectivity index (χ3n) is 2.77. The van der Waals surface area contributed by atoms with E-state index in [1.807, 2.05) is 0 Å². The molecule has 16 heavy (non-hydrogen) atoms. The number of halogens is 2. The van der Waals surface area contributed by atoms with E-state index in [1.54, 1.807) is 12.1 Å². The number of nitrogens with one attached hydrogen (secondary N) is 1. The smallest absolute Gasteiger partial charge is 0.137 e. The molecule has 1 aliphatic heterocycles. The van der Waals surface area contributed by atoms with Crippen molar-refractivity contribution >= 4 is 21.6 Å². The van der Waals surface area contributed by atoms with Gasteiger partial charge in [0.15, 0.2) is 0 Å². The van der Waals surface area contributed by atoms with Gasteiger partial charge in [0.25, 0.3) is 0 Å². The van der Waals surface area contributed by atoms with Crippen LogP contribution in [0.3, 0.4) is 0 Å². The summed E-state index contributed by atoms with van der Waals surface area (Å²) < 4.78 is 18.9. The Kier molecular flexibility index (Phi) is 4.18. The van der Waals surface area contributed by atoms with Gasteiger partial charge >= 0.3 is 0 Å². The number of hydrogen-bond acceptors (Lipinski definition) is 2. The third kappa shape index (κ3) is 3.19. The van der Waals surface area contributed by atoms with E-state index in [0.717, 1.165) is 31.9 Å². The van der Waals surface area contributed by atoms with Gasteiger partial charge in [0.05, 0.1) is 11.1 Å². The van der Waals surface area contributed by atoms with Gasteiger partial charge in [0.1, 0.15) is 5.82 Å². The van der Waals surface area contributed by atoms with Crippen molar-refractivity contribution in [2.45, 2.75) is 12.8 Å². The third-order valence-corrected chi connectivity index (χ3v) is 3.38. The molecule has 1 saturated heterocycles. The predicted molar refractivity (Wildman–Crippen MR) is 66.1 cm³/mol. The molecule has 0 bridgehead atoms. The van der Waals surface area contributed by atoms with Crippen LogP contribution in [0.4, 0.5) is 10.1 Å². The Morgan fingerprint density at radius 2 is 2.38 bits per heavy atom. The Bertz CT molecular complexity index is 353. The van der Waals surface area contributed by atoms with Gasteiger partial charge in [-0.15, -0.1) is 0 Å². The van der Waals surface area contributed by atoms with Crippen molar-refractivity contribution < 1.29 is 9.13 Å². The lowest BCUT2D eigenvalue weighted by atomic mass is 10.0. The van der Waals surface area contributed by atoms with Gasteiger partial charge in [-0.2, -0.15) is 0 Å². The monoisotopic (exact) mass is 287 g/mol. The van der Waals surface area contributed by atoms with Gasteiger partial charge < -0.3 is 10.1 Å². The maximum absolute atomic E-state index is 13.0. The molecule has 1 heterocycles. The van der Waals surface area contributed by atoms with Crippen LogP contribution >= 0.6 is 15.9 Å². The van der Waals surface area contributed by atoms with Crippen molar-refractivity contribution in [2.24, 2.45) is 5.92 Å².